The molecule has 2 aliphatic rings. The molecular formula is C15H15IN3O3S6+. The molecule has 0 spiro atoms. The maximum Gasteiger partial charge on any atom is 0.329 e. The first-order chi connectivity index (χ1) is 13.5. The van der Waals surface area contributed by atoms with E-state index >= 15 is 0 Å². The first-order valence-corrected chi connectivity index (χ1v) is 15.4. The zero-order chi connectivity index (χ0) is 20.3. The summed E-state index contributed by atoms with van der Waals surface area (Å²) < 4.78 is 1.86. The summed E-state index contributed by atoms with van der Waals surface area (Å²) in [5.41, 5.74) is 0.426. The molecule has 0 saturated carbocycles. The van der Waals surface area contributed by atoms with Gasteiger partial charge in [-0.2, -0.15) is 0 Å². The van der Waals surface area contributed by atoms with Crippen LogP contribution in [0.4, 0.5) is 0 Å². The highest BCUT2D eigenvalue weighted by Crippen LogP contribution is 2.27. The van der Waals surface area contributed by atoms with Crippen LogP contribution >= 0.6 is 89.9 Å². The Hall–Kier alpha value is 0.200. The highest BCUT2D eigenvalue weighted by molar-refractivity contribution is 14.2. The maximum absolute atomic E-state index is 13.0. The second-order valence-electron chi connectivity index (χ2n) is 5.55. The molecular weight excluding hydrogens is 589 g/mol. The van der Waals surface area contributed by atoms with Gasteiger partial charge in [0.05, 0.1) is 0 Å². The fourth-order valence-corrected chi connectivity index (χ4v) is 7.93. The Morgan fingerprint density at radius 3 is 2.25 bits per heavy atom. The van der Waals surface area contributed by atoms with Crippen molar-refractivity contribution >= 4 is 110 Å². The Balaban J connectivity index is 1.96. The third-order valence-electron chi connectivity index (χ3n) is 3.92. The Labute approximate surface area is 202 Å². The molecule has 13 heteroatoms. The number of hydrogen-bond donors (Lipinski definition) is 1. The van der Waals surface area contributed by atoms with Gasteiger partial charge in [0.15, 0.2) is 0 Å². The molecule has 1 aromatic heterocycles. The number of aromatic nitrogens is 1. The van der Waals surface area contributed by atoms with Crippen LogP contribution in [-0.2, 0) is 0 Å². The monoisotopic (exact) mass is 604 g/mol. The Morgan fingerprint density at radius 2 is 1.71 bits per heavy atom. The van der Waals surface area contributed by atoms with Crippen LogP contribution in [0.1, 0.15) is 20.8 Å². The molecule has 3 rings (SSSR count). The van der Waals surface area contributed by atoms with Crippen LogP contribution in [-0.4, -0.2) is 71.6 Å². The van der Waals surface area contributed by atoms with Crippen LogP contribution in [0.25, 0.3) is 0 Å². The van der Waals surface area contributed by atoms with E-state index in [1.807, 2.05) is 0 Å². The number of thiocarbonyl (C=S) groups is 2. The van der Waals surface area contributed by atoms with Crippen molar-refractivity contribution in [3.8, 4) is 0 Å². The number of nitrogens with zero attached hydrogens (tertiary/aromatic N) is 3. The third kappa shape index (κ3) is 4.91. The molecule has 3 heterocycles. The molecule has 6 nitrogen and oxygen atoms in total. The molecule has 0 atom stereocenters. The first-order valence-electron chi connectivity index (χ1n) is 8.07. The average molecular weight is 605 g/mol. The minimum absolute atomic E-state index is 0.0874. The summed E-state index contributed by atoms with van der Waals surface area (Å²) in [5.74, 6) is 2.40. The predicted molar refractivity (Wildman–Crippen MR) is 133 cm³/mol. The Kier molecular flexibility index (Phi) is 8.57. The van der Waals surface area contributed by atoms with Crippen molar-refractivity contribution in [2.75, 3.05) is 36.1 Å². The summed E-state index contributed by atoms with van der Waals surface area (Å²) in [4.78, 5) is 28.9. The minimum atomic E-state index is -0.367. The number of pyridine rings is 1. The topological polar surface area (TPSA) is 64.7 Å². The molecule has 150 valence electrons. The number of halogens is 1. The first kappa shape index (κ1) is 22.9. The van der Waals surface area contributed by atoms with Gasteiger partial charge in [-0.25, -0.2) is 0 Å². The summed E-state index contributed by atoms with van der Waals surface area (Å²) in [7, 11) is 1.64. The van der Waals surface area contributed by atoms with Gasteiger partial charge in [-0.3, -0.25) is 24.6 Å². The molecule has 0 unspecified atom stereocenters. The molecule has 2 amide bonds. The summed E-state index contributed by atoms with van der Waals surface area (Å²) in [5, 5.41) is 11.2. The number of hydrogen-bond acceptors (Lipinski definition) is 9. The van der Waals surface area contributed by atoms with Gasteiger partial charge in [0.2, 0.25) is 0 Å². The molecule has 1 N–H and O–H groups in total. The van der Waals surface area contributed by atoms with Crippen LogP contribution in [0, 0.1) is 0 Å². The van der Waals surface area contributed by atoms with Gasteiger partial charge < -0.3 is 0 Å². The summed E-state index contributed by atoms with van der Waals surface area (Å²) in [6.07, 6.45) is 0. The van der Waals surface area contributed by atoms with E-state index in [-0.39, 0.29) is 17.5 Å². The number of carbonyl (C=O) groups excluding carboxylic acids is 2. The number of amides is 2. The molecule has 0 aromatic carbocycles. The van der Waals surface area contributed by atoms with E-state index < -0.39 is 0 Å². The van der Waals surface area contributed by atoms with Crippen molar-refractivity contribution in [3.05, 3.63) is 23.4 Å². The van der Waals surface area contributed by atoms with E-state index in [1.54, 1.807) is 19.9 Å². The highest BCUT2D eigenvalue weighted by Gasteiger charge is 2.37. The SMILES string of the molecule is O=C(c1ccc(C(=O)N2CCSC2=S)[n+](O)c1SCCSI)N1CCSC1=S. The fraction of sp³-hybridized carbons (Fsp3) is 0.400. The van der Waals surface area contributed by atoms with E-state index in [0.29, 0.717) is 38.1 Å². The molecule has 28 heavy (non-hydrogen) atoms. The van der Waals surface area contributed by atoms with Crippen molar-refractivity contribution in [1.29, 1.82) is 0 Å². The lowest BCUT2D eigenvalue weighted by molar-refractivity contribution is -0.933. The lowest BCUT2D eigenvalue weighted by atomic mass is 10.2. The lowest BCUT2D eigenvalue weighted by Gasteiger charge is -2.16. The Bertz CT molecular complexity index is 839. The molecule has 2 saturated heterocycles. The van der Waals surface area contributed by atoms with Crippen LogP contribution in [0.15, 0.2) is 17.2 Å². The summed E-state index contributed by atoms with van der Waals surface area (Å²) >= 11 is 16.9. The zero-order valence-electron chi connectivity index (χ0n) is 14.3. The second kappa shape index (κ2) is 10.5. The summed E-state index contributed by atoms with van der Waals surface area (Å²) in [6, 6.07) is 3.07. The molecule has 2 aliphatic heterocycles. The number of thioether (sulfide) groups is 3. The quantitative estimate of drug-likeness (QED) is 0.132. The van der Waals surface area contributed by atoms with E-state index in [1.165, 1.54) is 46.3 Å². The average Bonchev–Trinajstić information content (AvgIpc) is 3.30. The van der Waals surface area contributed by atoms with Crippen molar-refractivity contribution in [1.82, 2.24) is 9.80 Å². The van der Waals surface area contributed by atoms with E-state index in [4.69, 9.17) is 24.4 Å². The predicted octanol–water partition coefficient (Wildman–Crippen LogP) is 3.33. The van der Waals surface area contributed by atoms with Crippen molar-refractivity contribution in [2.24, 2.45) is 0 Å². The van der Waals surface area contributed by atoms with E-state index in [0.717, 1.165) is 22.0 Å². The largest absolute Gasteiger partial charge is 0.329 e. The van der Waals surface area contributed by atoms with Gasteiger partial charge in [-0.1, -0.05) is 68.7 Å². The summed E-state index contributed by atoms with van der Waals surface area (Å²) in [6.45, 7) is 1.05. The fourth-order valence-electron chi connectivity index (χ4n) is 2.60. The second-order valence-corrected chi connectivity index (χ2v) is 12.6. The normalized spacial score (nSPS) is 16.9. The molecule has 0 bridgehead atoms. The van der Waals surface area contributed by atoms with Crippen molar-refractivity contribution < 1.29 is 19.5 Å². The van der Waals surface area contributed by atoms with Crippen molar-refractivity contribution in [3.63, 3.8) is 0 Å². The Morgan fingerprint density at radius 1 is 1.11 bits per heavy atom. The van der Waals surface area contributed by atoms with Crippen LogP contribution in [0.3, 0.4) is 0 Å². The van der Waals surface area contributed by atoms with Crippen LogP contribution in [0.2, 0.25) is 0 Å². The van der Waals surface area contributed by atoms with Gasteiger partial charge in [0, 0.05) is 46.9 Å². The highest BCUT2D eigenvalue weighted by atomic mass is 127. The standard InChI is InChI=1S/C15H15IN3O3S6/c16-28-8-7-25-13-9(11(20)17-3-5-26-14(17)23)1-2-10(19(13)22)12(21)18-4-6-27-15(18)24/h1-2,22H,3-8H2/q+1. The smallest absolute Gasteiger partial charge is 0.293 e. The van der Waals surface area contributed by atoms with Gasteiger partial charge in [0.1, 0.15) is 14.2 Å². The lowest BCUT2D eigenvalue weighted by Crippen LogP contribution is -2.47. The molecule has 1 aromatic rings. The van der Waals surface area contributed by atoms with Crippen LogP contribution in [0.5, 0.6) is 0 Å². The van der Waals surface area contributed by atoms with Gasteiger partial charge >= 0.3 is 16.6 Å². The number of carbonyl (C=O) groups is 2. The van der Waals surface area contributed by atoms with Gasteiger partial charge in [-0.15, -0.1) is 0 Å². The van der Waals surface area contributed by atoms with Crippen molar-refractivity contribution in [2.45, 2.75) is 5.03 Å². The van der Waals surface area contributed by atoms with Gasteiger partial charge in [-0.05, 0) is 27.3 Å². The third-order valence-corrected chi connectivity index (χ3v) is 9.79. The zero-order valence-corrected chi connectivity index (χ0v) is 21.4. The molecule has 2 fully saturated rings. The van der Waals surface area contributed by atoms with Gasteiger partial charge in [0.25, 0.3) is 5.91 Å². The maximum atomic E-state index is 13.0. The van der Waals surface area contributed by atoms with E-state index in [9.17, 15) is 14.8 Å². The number of rotatable bonds is 6. The van der Waals surface area contributed by atoms with Crippen LogP contribution < -0.4 is 4.73 Å². The van der Waals surface area contributed by atoms with E-state index in [2.05, 4.69) is 21.2 Å². The molecule has 0 radical (unpaired) electrons. The minimum Gasteiger partial charge on any atom is -0.293 e. The molecule has 0 aliphatic carbocycles.